The van der Waals surface area contributed by atoms with Gasteiger partial charge in [-0.05, 0) is 18.4 Å². The van der Waals surface area contributed by atoms with Gasteiger partial charge >= 0.3 is 5.97 Å². The standard InChI is InChI=1S/C10H10O4S/c1-6(11)10(14-7(2)12)9(13)8-4-3-5-15-8/h3-5,10H,1-2H3. The molecular weight excluding hydrogens is 216 g/mol. The van der Waals surface area contributed by atoms with Crippen LogP contribution in [-0.2, 0) is 14.3 Å². The average molecular weight is 226 g/mol. The molecule has 0 amide bonds. The van der Waals surface area contributed by atoms with Crippen molar-refractivity contribution >= 4 is 28.9 Å². The molecule has 15 heavy (non-hydrogen) atoms. The van der Waals surface area contributed by atoms with Crippen LogP contribution in [0.2, 0.25) is 0 Å². The number of ether oxygens (including phenoxy) is 1. The van der Waals surface area contributed by atoms with Crippen LogP contribution in [0.1, 0.15) is 23.5 Å². The molecule has 0 N–H and O–H groups in total. The lowest BCUT2D eigenvalue weighted by Crippen LogP contribution is -2.32. The fourth-order valence-electron chi connectivity index (χ4n) is 1.04. The summed E-state index contributed by atoms with van der Waals surface area (Å²) in [5, 5.41) is 1.72. The molecule has 1 aromatic heterocycles. The molecule has 4 nitrogen and oxygen atoms in total. The highest BCUT2D eigenvalue weighted by molar-refractivity contribution is 7.12. The molecule has 0 spiro atoms. The minimum atomic E-state index is -1.30. The third-order valence-electron chi connectivity index (χ3n) is 1.66. The van der Waals surface area contributed by atoms with Crippen LogP contribution in [0.25, 0.3) is 0 Å². The van der Waals surface area contributed by atoms with E-state index in [2.05, 4.69) is 4.74 Å². The topological polar surface area (TPSA) is 60.4 Å². The van der Waals surface area contributed by atoms with Crippen molar-refractivity contribution in [3.05, 3.63) is 22.4 Å². The number of esters is 1. The second-order valence-corrected chi connectivity index (χ2v) is 3.89. The summed E-state index contributed by atoms with van der Waals surface area (Å²) in [5.41, 5.74) is 0. The van der Waals surface area contributed by atoms with Gasteiger partial charge in [0.15, 0.2) is 5.78 Å². The average Bonchev–Trinajstić information content (AvgIpc) is 2.65. The number of ketones is 2. The molecule has 5 heteroatoms. The summed E-state index contributed by atoms with van der Waals surface area (Å²) in [5.74, 6) is -1.57. The van der Waals surface area contributed by atoms with E-state index in [4.69, 9.17) is 0 Å². The van der Waals surface area contributed by atoms with Crippen LogP contribution in [0.15, 0.2) is 17.5 Å². The van der Waals surface area contributed by atoms with E-state index >= 15 is 0 Å². The van der Waals surface area contributed by atoms with E-state index < -0.39 is 23.6 Å². The quantitative estimate of drug-likeness (QED) is 0.443. The number of thiophene rings is 1. The van der Waals surface area contributed by atoms with Crippen LogP contribution in [0.5, 0.6) is 0 Å². The molecule has 0 aliphatic carbocycles. The summed E-state index contributed by atoms with van der Waals surface area (Å²) in [6.07, 6.45) is -1.30. The molecule has 0 saturated carbocycles. The smallest absolute Gasteiger partial charge is 0.303 e. The van der Waals surface area contributed by atoms with Crippen molar-refractivity contribution in [3.63, 3.8) is 0 Å². The van der Waals surface area contributed by atoms with Crippen molar-refractivity contribution in [2.45, 2.75) is 20.0 Å². The minimum Gasteiger partial charge on any atom is -0.446 e. The Morgan fingerprint density at radius 3 is 2.40 bits per heavy atom. The number of carbonyl (C=O) groups excluding carboxylic acids is 3. The van der Waals surface area contributed by atoms with Gasteiger partial charge in [-0.1, -0.05) is 6.07 Å². The summed E-state index contributed by atoms with van der Waals surface area (Å²) >= 11 is 1.21. The zero-order valence-electron chi connectivity index (χ0n) is 8.35. The highest BCUT2D eigenvalue weighted by atomic mass is 32.1. The normalized spacial score (nSPS) is 11.9. The molecule has 0 aliphatic rings. The number of hydrogen-bond donors (Lipinski definition) is 0. The van der Waals surface area contributed by atoms with Gasteiger partial charge < -0.3 is 4.74 Å². The van der Waals surface area contributed by atoms with Crippen LogP contribution < -0.4 is 0 Å². The Morgan fingerprint density at radius 2 is 2.00 bits per heavy atom. The summed E-state index contributed by atoms with van der Waals surface area (Å²) < 4.78 is 4.67. The van der Waals surface area contributed by atoms with E-state index in [1.165, 1.54) is 18.3 Å². The van der Waals surface area contributed by atoms with Gasteiger partial charge in [0.05, 0.1) is 4.88 Å². The Bertz CT molecular complexity index is 380. The molecule has 1 heterocycles. The van der Waals surface area contributed by atoms with Gasteiger partial charge in [-0.15, -0.1) is 11.3 Å². The molecule has 0 aliphatic heterocycles. The van der Waals surface area contributed by atoms with Crippen molar-refractivity contribution < 1.29 is 19.1 Å². The first kappa shape index (κ1) is 11.6. The fourth-order valence-corrected chi connectivity index (χ4v) is 1.72. The first-order valence-corrected chi connectivity index (χ1v) is 5.15. The third kappa shape index (κ3) is 2.99. The summed E-state index contributed by atoms with van der Waals surface area (Å²) in [7, 11) is 0. The van der Waals surface area contributed by atoms with Crippen LogP contribution in [0.4, 0.5) is 0 Å². The van der Waals surface area contributed by atoms with E-state index in [0.29, 0.717) is 4.88 Å². The lowest BCUT2D eigenvalue weighted by atomic mass is 10.1. The van der Waals surface area contributed by atoms with Crippen LogP contribution >= 0.6 is 11.3 Å². The molecule has 1 aromatic rings. The maximum atomic E-state index is 11.7. The Hall–Kier alpha value is -1.49. The van der Waals surface area contributed by atoms with E-state index in [-0.39, 0.29) is 0 Å². The van der Waals surface area contributed by atoms with E-state index in [1.54, 1.807) is 17.5 Å². The Labute approximate surface area is 90.9 Å². The zero-order chi connectivity index (χ0) is 11.4. The van der Waals surface area contributed by atoms with E-state index in [1.807, 2.05) is 0 Å². The summed E-state index contributed by atoms with van der Waals surface area (Å²) in [6, 6.07) is 3.29. The van der Waals surface area contributed by atoms with Crippen molar-refractivity contribution in [2.75, 3.05) is 0 Å². The first-order chi connectivity index (χ1) is 7.02. The fraction of sp³-hybridized carbons (Fsp3) is 0.300. The van der Waals surface area contributed by atoms with Gasteiger partial charge in [0, 0.05) is 6.92 Å². The first-order valence-electron chi connectivity index (χ1n) is 4.27. The van der Waals surface area contributed by atoms with Gasteiger partial charge in [0.2, 0.25) is 11.9 Å². The molecule has 80 valence electrons. The molecule has 0 saturated heterocycles. The molecule has 1 atom stereocenters. The van der Waals surface area contributed by atoms with Crippen molar-refractivity contribution in [2.24, 2.45) is 0 Å². The number of hydrogen-bond acceptors (Lipinski definition) is 5. The number of rotatable bonds is 4. The molecule has 0 fully saturated rings. The van der Waals surface area contributed by atoms with E-state index in [9.17, 15) is 14.4 Å². The van der Waals surface area contributed by atoms with Gasteiger partial charge in [-0.3, -0.25) is 14.4 Å². The Kier molecular flexibility index (Phi) is 3.74. The SMILES string of the molecule is CC(=O)OC(C(C)=O)C(=O)c1cccs1. The minimum absolute atomic E-state index is 0.413. The Balaban J connectivity index is 2.86. The van der Waals surface area contributed by atoms with Crippen LogP contribution in [0, 0.1) is 0 Å². The van der Waals surface area contributed by atoms with E-state index in [0.717, 1.165) is 6.92 Å². The van der Waals surface area contributed by atoms with Gasteiger partial charge in [-0.25, -0.2) is 0 Å². The number of carbonyl (C=O) groups is 3. The maximum absolute atomic E-state index is 11.7. The molecule has 1 unspecified atom stereocenters. The monoisotopic (exact) mass is 226 g/mol. The highest BCUT2D eigenvalue weighted by Crippen LogP contribution is 2.13. The van der Waals surface area contributed by atoms with Crippen molar-refractivity contribution in [1.29, 1.82) is 0 Å². The van der Waals surface area contributed by atoms with Crippen molar-refractivity contribution in [3.8, 4) is 0 Å². The second kappa shape index (κ2) is 4.84. The maximum Gasteiger partial charge on any atom is 0.303 e. The van der Waals surface area contributed by atoms with Crippen LogP contribution in [0.3, 0.4) is 0 Å². The molecular formula is C10H10O4S. The predicted octanol–water partition coefficient (Wildman–Crippen LogP) is 1.45. The Morgan fingerprint density at radius 1 is 1.33 bits per heavy atom. The molecule has 0 radical (unpaired) electrons. The second-order valence-electron chi connectivity index (χ2n) is 2.94. The predicted molar refractivity (Wildman–Crippen MR) is 54.9 cm³/mol. The van der Waals surface area contributed by atoms with Gasteiger partial charge in [0.25, 0.3) is 0 Å². The van der Waals surface area contributed by atoms with Crippen LogP contribution in [-0.4, -0.2) is 23.6 Å². The van der Waals surface area contributed by atoms with Gasteiger partial charge in [-0.2, -0.15) is 0 Å². The molecule has 0 aromatic carbocycles. The molecule has 1 rings (SSSR count). The number of Topliss-reactive ketones (excluding diaryl/α,β-unsaturated/α-hetero) is 2. The highest BCUT2D eigenvalue weighted by Gasteiger charge is 2.27. The summed E-state index contributed by atoms with van der Waals surface area (Å²) in [6.45, 7) is 2.39. The third-order valence-corrected chi connectivity index (χ3v) is 2.54. The lowest BCUT2D eigenvalue weighted by Gasteiger charge is -2.11. The zero-order valence-corrected chi connectivity index (χ0v) is 9.17. The van der Waals surface area contributed by atoms with Crippen molar-refractivity contribution in [1.82, 2.24) is 0 Å². The summed E-state index contributed by atoms with van der Waals surface area (Å²) in [4.78, 5) is 33.9. The molecule has 0 bridgehead atoms. The largest absolute Gasteiger partial charge is 0.446 e. The van der Waals surface area contributed by atoms with Gasteiger partial charge in [0.1, 0.15) is 0 Å². The lowest BCUT2D eigenvalue weighted by molar-refractivity contribution is -0.149.